The van der Waals surface area contributed by atoms with E-state index in [1.807, 2.05) is 0 Å². The first-order valence-corrected chi connectivity index (χ1v) is 11.9. The van der Waals surface area contributed by atoms with Gasteiger partial charge in [0.05, 0.1) is 0 Å². The predicted octanol–water partition coefficient (Wildman–Crippen LogP) is 5.53. The fourth-order valence-electron chi connectivity index (χ4n) is 2.48. The Kier molecular flexibility index (Phi) is 9.68. The second-order valence-corrected chi connectivity index (χ2v) is 12.3. The lowest BCUT2D eigenvalue weighted by Gasteiger charge is -2.29. The van der Waals surface area contributed by atoms with Crippen molar-refractivity contribution in [1.82, 2.24) is 9.97 Å². The SMILES string of the molecule is CC(C)(C)OC(=O)N(C(=O)OC(C)(C)C)c1cc(C(=O)O)nc(N(C(=O)OC(C)(C)C)C(=O)OC(C)(C)C)n1. The van der Waals surface area contributed by atoms with Gasteiger partial charge >= 0.3 is 30.3 Å². The summed E-state index contributed by atoms with van der Waals surface area (Å²) in [6.45, 7) is 18.4. The molecule has 39 heavy (non-hydrogen) atoms. The molecule has 14 heteroatoms. The molecule has 0 atom stereocenters. The smallest absolute Gasteiger partial charge is 0.427 e. The number of carboxylic acid groups (broad SMARTS) is 1. The molecule has 1 aromatic heterocycles. The fourth-order valence-corrected chi connectivity index (χ4v) is 2.48. The second-order valence-electron chi connectivity index (χ2n) is 12.3. The summed E-state index contributed by atoms with van der Waals surface area (Å²) in [5.74, 6) is -3.12. The quantitative estimate of drug-likeness (QED) is 0.463. The number of carbonyl (C=O) groups is 5. The zero-order valence-corrected chi connectivity index (χ0v) is 24.5. The van der Waals surface area contributed by atoms with Gasteiger partial charge in [0.1, 0.15) is 22.4 Å². The molecule has 4 amide bonds. The third-order valence-corrected chi connectivity index (χ3v) is 3.65. The molecule has 14 nitrogen and oxygen atoms in total. The Hall–Kier alpha value is -3.97. The summed E-state index contributed by atoms with van der Waals surface area (Å²) in [7, 11) is 0. The first-order chi connectivity index (χ1) is 17.3. The molecular formula is C25H38N4O10. The van der Waals surface area contributed by atoms with E-state index in [9.17, 15) is 29.1 Å². The number of rotatable bonds is 3. The average molecular weight is 555 g/mol. The molecular weight excluding hydrogens is 516 g/mol. The van der Waals surface area contributed by atoms with Crippen molar-refractivity contribution < 1.29 is 48.0 Å². The van der Waals surface area contributed by atoms with Crippen LogP contribution in [0, 0.1) is 0 Å². The van der Waals surface area contributed by atoms with Gasteiger partial charge in [0.2, 0.25) is 5.95 Å². The van der Waals surface area contributed by atoms with Crippen LogP contribution in [-0.4, -0.2) is 67.8 Å². The maximum Gasteiger partial charge on any atom is 0.427 e. The molecule has 0 bridgehead atoms. The fraction of sp³-hybridized carbons (Fsp3) is 0.640. The Morgan fingerprint density at radius 2 is 0.897 bits per heavy atom. The maximum absolute atomic E-state index is 13.1. The summed E-state index contributed by atoms with van der Waals surface area (Å²) < 4.78 is 21.2. The van der Waals surface area contributed by atoms with Crippen molar-refractivity contribution in [3.05, 3.63) is 11.8 Å². The highest BCUT2D eigenvalue weighted by molar-refractivity contribution is 6.11. The van der Waals surface area contributed by atoms with E-state index >= 15 is 0 Å². The Bertz CT molecular complexity index is 987. The van der Waals surface area contributed by atoms with E-state index in [2.05, 4.69) is 9.97 Å². The van der Waals surface area contributed by atoms with Crippen LogP contribution in [0.3, 0.4) is 0 Å². The number of amides is 4. The van der Waals surface area contributed by atoms with Crippen LogP contribution in [0.15, 0.2) is 6.07 Å². The summed E-state index contributed by atoms with van der Waals surface area (Å²) >= 11 is 0. The molecule has 1 heterocycles. The topological polar surface area (TPSA) is 175 Å². The lowest BCUT2D eigenvalue weighted by atomic mass is 10.2. The van der Waals surface area contributed by atoms with Gasteiger partial charge in [-0.05, 0) is 83.1 Å². The Balaban J connectivity index is 3.92. The van der Waals surface area contributed by atoms with Crippen LogP contribution in [0.1, 0.15) is 93.6 Å². The minimum Gasteiger partial charge on any atom is -0.477 e. The van der Waals surface area contributed by atoms with Crippen LogP contribution in [0.4, 0.5) is 30.9 Å². The molecule has 1 rings (SSSR count). The minimum atomic E-state index is -1.62. The lowest BCUT2D eigenvalue weighted by molar-refractivity contribution is 0.0410. The van der Waals surface area contributed by atoms with Crippen molar-refractivity contribution in [2.75, 3.05) is 9.80 Å². The van der Waals surface area contributed by atoms with E-state index in [-0.39, 0.29) is 4.90 Å². The van der Waals surface area contributed by atoms with Gasteiger partial charge < -0.3 is 24.1 Å². The highest BCUT2D eigenvalue weighted by Gasteiger charge is 2.39. The van der Waals surface area contributed by atoms with Crippen LogP contribution in [0.2, 0.25) is 0 Å². The monoisotopic (exact) mass is 554 g/mol. The van der Waals surface area contributed by atoms with Gasteiger partial charge in [-0.25, -0.2) is 29.0 Å². The Labute approximate surface area is 227 Å². The number of carboxylic acids is 1. The standard InChI is InChI=1S/C25H38N4O10/c1-22(2,3)36-18(32)28(19(33)37-23(4,5)6)15-13-14(16(30)31)26-17(27-15)29(20(34)38-24(7,8)9)21(35)39-25(10,11)12/h13H,1-12H3,(H,30,31). The molecule has 218 valence electrons. The number of hydrogen-bond donors (Lipinski definition) is 1. The second kappa shape index (κ2) is 11.4. The molecule has 1 aromatic rings. The van der Waals surface area contributed by atoms with Gasteiger partial charge in [0.25, 0.3) is 0 Å². The van der Waals surface area contributed by atoms with Gasteiger partial charge in [0.15, 0.2) is 11.5 Å². The number of ether oxygens (including phenoxy) is 4. The molecule has 0 aromatic carbocycles. The first kappa shape index (κ1) is 33.1. The van der Waals surface area contributed by atoms with Crippen LogP contribution < -0.4 is 9.80 Å². The molecule has 0 fully saturated rings. The van der Waals surface area contributed by atoms with E-state index in [4.69, 9.17) is 18.9 Å². The summed E-state index contributed by atoms with van der Waals surface area (Å²) in [4.78, 5) is 72.6. The third-order valence-electron chi connectivity index (χ3n) is 3.65. The van der Waals surface area contributed by atoms with Gasteiger partial charge in [-0.2, -0.15) is 9.88 Å². The highest BCUT2D eigenvalue weighted by Crippen LogP contribution is 2.25. The van der Waals surface area contributed by atoms with Gasteiger partial charge in [0, 0.05) is 6.07 Å². The molecule has 1 N–H and O–H groups in total. The number of hydrogen-bond acceptors (Lipinski definition) is 11. The van der Waals surface area contributed by atoms with Crippen LogP contribution in [0.25, 0.3) is 0 Å². The van der Waals surface area contributed by atoms with Crippen LogP contribution in [0.5, 0.6) is 0 Å². The number of carbonyl (C=O) groups excluding carboxylic acids is 4. The van der Waals surface area contributed by atoms with Crippen molar-refractivity contribution >= 4 is 42.1 Å². The minimum absolute atomic E-state index is 0.259. The van der Waals surface area contributed by atoms with Gasteiger partial charge in [-0.15, -0.1) is 4.90 Å². The van der Waals surface area contributed by atoms with Crippen molar-refractivity contribution in [3.63, 3.8) is 0 Å². The maximum atomic E-state index is 13.1. The zero-order chi connectivity index (χ0) is 30.7. The van der Waals surface area contributed by atoms with Gasteiger partial charge in [-0.3, -0.25) is 0 Å². The molecule has 0 aliphatic rings. The molecule has 0 saturated carbocycles. The van der Waals surface area contributed by atoms with Crippen molar-refractivity contribution in [2.24, 2.45) is 0 Å². The van der Waals surface area contributed by atoms with Crippen LogP contribution in [-0.2, 0) is 18.9 Å². The Morgan fingerprint density at radius 1 is 0.590 bits per heavy atom. The normalized spacial score (nSPS) is 12.2. The van der Waals surface area contributed by atoms with E-state index in [1.54, 1.807) is 41.5 Å². The number of aromatic carboxylic acids is 1. The lowest BCUT2D eigenvalue weighted by Crippen LogP contribution is -2.46. The summed E-state index contributed by atoms with van der Waals surface area (Å²) in [6.07, 6.45) is -5.13. The van der Waals surface area contributed by atoms with Crippen molar-refractivity contribution in [3.8, 4) is 0 Å². The van der Waals surface area contributed by atoms with E-state index in [1.165, 1.54) is 41.5 Å². The molecule has 0 saturated heterocycles. The number of imide groups is 2. The third kappa shape index (κ3) is 11.1. The summed E-state index contributed by atoms with van der Waals surface area (Å²) in [5, 5.41) is 9.71. The van der Waals surface area contributed by atoms with Crippen LogP contribution >= 0.6 is 0 Å². The zero-order valence-electron chi connectivity index (χ0n) is 24.5. The largest absolute Gasteiger partial charge is 0.477 e. The van der Waals surface area contributed by atoms with Crippen molar-refractivity contribution in [1.29, 1.82) is 0 Å². The van der Waals surface area contributed by atoms with E-state index < -0.39 is 70.2 Å². The first-order valence-electron chi connectivity index (χ1n) is 11.9. The molecule has 0 spiro atoms. The van der Waals surface area contributed by atoms with Gasteiger partial charge in [-0.1, -0.05) is 0 Å². The number of aromatic nitrogens is 2. The number of anilines is 2. The molecule has 0 aliphatic carbocycles. The van der Waals surface area contributed by atoms with E-state index in [0.717, 1.165) is 6.07 Å². The predicted molar refractivity (Wildman–Crippen MR) is 139 cm³/mol. The molecule has 0 aliphatic heterocycles. The van der Waals surface area contributed by atoms with E-state index in [0.29, 0.717) is 4.90 Å². The highest BCUT2D eigenvalue weighted by atomic mass is 16.6. The average Bonchev–Trinajstić information content (AvgIpc) is 2.61. The number of nitrogens with zero attached hydrogens (tertiary/aromatic N) is 4. The molecule has 0 unspecified atom stereocenters. The molecule has 0 radical (unpaired) electrons. The summed E-state index contributed by atoms with van der Waals surface area (Å²) in [5.41, 5.74) is -5.12. The summed E-state index contributed by atoms with van der Waals surface area (Å²) in [6, 6.07) is 0.780. The van der Waals surface area contributed by atoms with Crippen molar-refractivity contribution in [2.45, 2.75) is 105 Å². The Morgan fingerprint density at radius 3 is 1.18 bits per heavy atom.